The van der Waals surface area contributed by atoms with Crippen molar-refractivity contribution in [3.05, 3.63) is 11.4 Å². The lowest BCUT2D eigenvalue weighted by molar-refractivity contribution is -0.146. The molecule has 13 heavy (non-hydrogen) atoms. The number of carboxylic acid groups (broad SMARTS) is 1. The van der Waals surface area contributed by atoms with Crippen LogP contribution in [0.25, 0.3) is 0 Å². The molecule has 1 amide bonds. The molecule has 0 saturated carbocycles. The van der Waals surface area contributed by atoms with Gasteiger partial charge < -0.3 is 10.8 Å². The Morgan fingerprint density at radius 2 is 2.38 bits per heavy atom. The summed E-state index contributed by atoms with van der Waals surface area (Å²) in [6.45, 7) is 0. The monoisotopic (exact) mass is 200 g/mol. The molecule has 2 rings (SSSR count). The maximum absolute atomic E-state index is 11.1. The average molecular weight is 200 g/mol. The van der Waals surface area contributed by atoms with Crippen LogP contribution in [0.15, 0.2) is 11.4 Å². The van der Waals surface area contributed by atoms with Crippen molar-refractivity contribution in [1.29, 1.82) is 0 Å². The third-order valence-corrected chi connectivity index (χ3v) is 3.32. The summed E-state index contributed by atoms with van der Waals surface area (Å²) in [5.41, 5.74) is 5.76. The summed E-state index contributed by atoms with van der Waals surface area (Å²) in [6.07, 6.45) is 0.425. The van der Waals surface area contributed by atoms with Gasteiger partial charge in [0.1, 0.15) is 0 Å². The summed E-state index contributed by atoms with van der Waals surface area (Å²) in [4.78, 5) is 23.1. The second-order valence-corrected chi connectivity index (χ2v) is 4.08. The molecule has 5 nitrogen and oxygen atoms in total. The molecule has 0 spiro atoms. The summed E-state index contributed by atoms with van der Waals surface area (Å²) in [7, 11) is 0. The van der Waals surface area contributed by atoms with E-state index in [1.165, 1.54) is 16.7 Å². The molecule has 1 saturated heterocycles. The van der Waals surface area contributed by atoms with Crippen LogP contribution in [0.4, 0.5) is 0 Å². The van der Waals surface area contributed by atoms with Gasteiger partial charge in [-0.05, 0) is 0 Å². The molecule has 1 fully saturated rings. The van der Waals surface area contributed by atoms with Gasteiger partial charge in [-0.25, -0.2) is 4.79 Å². The molecule has 2 aliphatic heterocycles. The molecule has 0 aromatic carbocycles. The number of carboxylic acids is 1. The van der Waals surface area contributed by atoms with E-state index in [-0.39, 0.29) is 22.7 Å². The van der Waals surface area contributed by atoms with Gasteiger partial charge in [-0.1, -0.05) is 0 Å². The number of aliphatic carboxylic acids is 1. The van der Waals surface area contributed by atoms with E-state index in [1.807, 2.05) is 0 Å². The lowest BCUT2D eigenvalue weighted by Crippen LogP contribution is -2.54. The third-order valence-electron chi connectivity index (χ3n) is 2.08. The van der Waals surface area contributed by atoms with Crippen molar-refractivity contribution in [1.82, 2.24) is 4.90 Å². The lowest BCUT2D eigenvalue weighted by atomic mass is 10.1. The Hall–Kier alpha value is -1.17. The zero-order chi connectivity index (χ0) is 9.59. The van der Waals surface area contributed by atoms with Gasteiger partial charge in [0.15, 0.2) is 5.70 Å². The normalized spacial score (nSPS) is 26.9. The molecular weight excluding hydrogens is 192 g/mol. The van der Waals surface area contributed by atoms with Gasteiger partial charge in [-0.15, -0.1) is 11.8 Å². The maximum atomic E-state index is 11.1. The fraction of sp³-hybridized carbons (Fsp3) is 0.429. The number of nitrogens with zero attached hydrogens (tertiary/aromatic N) is 1. The number of carbonyl (C=O) groups excluding carboxylic acids is 1. The van der Waals surface area contributed by atoms with E-state index in [4.69, 9.17) is 10.8 Å². The van der Waals surface area contributed by atoms with Gasteiger partial charge in [-0.3, -0.25) is 9.69 Å². The Kier molecular flexibility index (Phi) is 1.73. The van der Waals surface area contributed by atoms with E-state index in [1.54, 1.807) is 0 Å². The van der Waals surface area contributed by atoms with Crippen molar-refractivity contribution in [3.8, 4) is 0 Å². The molecule has 1 unspecified atom stereocenters. The number of thioether (sulfide) groups is 1. The summed E-state index contributed by atoms with van der Waals surface area (Å²) in [6, 6.07) is 0. The summed E-state index contributed by atoms with van der Waals surface area (Å²) >= 11 is 1.50. The first kappa shape index (κ1) is 8.43. The smallest absolute Gasteiger partial charge is 0.354 e. The van der Waals surface area contributed by atoms with Gasteiger partial charge in [-0.2, -0.15) is 0 Å². The minimum Gasteiger partial charge on any atom is -0.477 e. The molecule has 2 aliphatic rings. The van der Waals surface area contributed by atoms with Crippen LogP contribution in [0.3, 0.4) is 0 Å². The van der Waals surface area contributed by atoms with Crippen molar-refractivity contribution < 1.29 is 14.7 Å². The Balaban J connectivity index is 2.37. The maximum Gasteiger partial charge on any atom is 0.354 e. The van der Waals surface area contributed by atoms with E-state index in [0.29, 0.717) is 12.2 Å². The minimum absolute atomic E-state index is 0.00843. The quantitative estimate of drug-likeness (QED) is 0.560. The lowest BCUT2D eigenvalue weighted by Gasteiger charge is -2.43. The molecule has 0 aromatic rings. The highest BCUT2D eigenvalue weighted by Crippen LogP contribution is 2.38. The SMILES string of the molecule is NC1=C(C(=O)O)N2C(=O)CC2SC1. The fourth-order valence-corrected chi connectivity index (χ4v) is 2.58. The van der Waals surface area contributed by atoms with Gasteiger partial charge in [0.2, 0.25) is 5.91 Å². The van der Waals surface area contributed by atoms with E-state index in [2.05, 4.69) is 0 Å². The molecule has 0 radical (unpaired) electrons. The molecule has 1 atom stereocenters. The average Bonchev–Trinajstić information content (AvgIpc) is 2.05. The number of carbonyl (C=O) groups is 2. The van der Waals surface area contributed by atoms with Crippen LogP contribution in [0, 0.1) is 0 Å². The van der Waals surface area contributed by atoms with Gasteiger partial charge in [0, 0.05) is 11.4 Å². The highest BCUT2D eigenvalue weighted by molar-refractivity contribution is 8.00. The largest absolute Gasteiger partial charge is 0.477 e. The van der Waals surface area contributed by atoms with E-state index >= 15 is 0 Å². The first-order chi connectivity index (χ1) is 6.11. The fourth-order valence-electron chi connectivity index (χ4n) is 1.44. The number of rotatable bonds is 1. The zero-order valence-corrected chi connectivity index (χ0v) is 7.50. The number of hydrogen-bond acceptors (Lipinski definition) is 4. The van der Waals surface area contributed by atoms with Crippen LogP contribution in [0.1, 0.15) is 6.42 Å². The molecule has 0 bridgehead atoms. The van der Waals surface area contributed by atoms with E-state index in [0.717, 1.165) is 0 Å². The number of fused-ring (bicyclic) bond motifs is 1. The number of amides is 1. The minimum atomic E-state index is -1.11. The third kappa shape index (κ3) is 1.09. The van der Waals surface area contributed by atoms with Gasteiger partial charge >= 0.3 is 5.97 Å². The van der Waals surface area contributed by atoms with E-state index in [9.17, 15) is 9.59 Å². The summed E-state index contributed by atoms with van der Waals surface area (Å²) < 4.78 is 0. The molecule has 0 aliphatic carbocycles. The van der Waals surface area contributed by atoms with Crippen molar-refractivity contribution in [2.45, 2.75) is 11.8 Å². The van der Waals surface area contributed by atoms with Crippen LogP contribution in [0.2, 0.25) is 0 Å². The van der Waals surface area contributed by atoms with Gasteiger partial charge in [0.05, 0.1) is 11.8 Å². The molecule has 0 aromatic heterocycles. The molecule has 70 valence electrons. The summed E-state index contributed by atoms with van der Waals surface area (Å²) in [5.74, 6) is -0.774. The second-order valence-electron chi connectivity index (χ2n) is 2.91. The van der Waals surface area contributed by atoms with Crippen LogP contribution in [-0.2, 0) is 9.59 Å². The van der Waals surface area contributed by atoms with Crippen molar-refractivity contribution in [2.24, 2.45) is 5.73 Å². The zero-order valence-electron chi connectivity index (χ0n) is 6.69. The Labute approximate surface area is 78.6 Å². The Morgan fingerprint density at radius 3 is 2.85 bits per heavy atom. The van der Waals surface area contributed by atoms with Crippen LogP contribution >= 0.6 is 11.8 Å². The topological polar surface area (TPSA) is 83.6 Å². The predicted octanol–water partition coefficient (Wildman–Crippen LogP) is -0.453. The van der Waals surface area contributed by atoms with Crippen molar-refractivity contribution >= 4 is 23.6 Å². The standard InChI is InChI=1S/C7H8N2O3S/c8-3-2-13-5-1-4(10)9(5)6(3)7(11)12/h5H,1-2,8H2,(H,11,12). The first-order valence-electron chi connectivity index (χ1n) is 3.77. The van der Waals surface area contributed by atoms with Crippen molar-refractivity contribution in [2.75, 3.05) is 5.75 Å². The van der Waals surface area contributed by atoms with E-state index < -0.39 is 5.97 Å². The Morgan fingerprint density at radius 1 is 1.69 bits per heavy atom. The first-order valence-corrected chi connectivity index (χ1v) is 4.81. The number of nitrogens with two attached hydrogens (primary N) is 1. The predicted molar refractivity (Wildman–Crippen MR) is 46.6 cm³/mol. The van der Waals surface area contributed by atoms with Crippen LogP contribution in [0.5, 0.6) is 0 Å². The summed E-state index contributed by atoms with van der Waals surface area (Å²) in [5, 5.41) is 8.80. The molecular formula is C7H8N2O3S. The highest BCUT2D eigenvalue weighted by atomic mass is 32.2. The second kappa shape index (κ2) is 2.66. The van der Waals surface area contributed by atoms with Crippen LogP contribution < -0.4 is 5.73 Å². The van der Waals surface area contributed by atoms with Crippen LogP contribution in [-0.4, -0.2) is 33.0 Å². The molecule has 6 heteroatoms. The molecule has 2 heterocycles. The highest BCUT2D eigenvalue weighted by Gasteiger charge is 2.44. The molecule has 3 N–H and O–H groups in total. The van der Waals surface area contributed by atoms with Crippen molar-refractivity contribution in [3.63, 3.8) is 0 Å². The van der Waals surface area contributed by atoms with Gasteiger partial charge in [0.25, 0.3) is 0 Å². The number of hydrogen-bond donors (Lipinski definition) is 2. The number of β-lactam (4-membered cyclic amide) rings is 1. The Bertz CT molecular complexity index is 326.